The summed E-state index contributed by atoms with van der Waals surface area (Å²) in [4.78, 5) is 4.65. The molecule has 0 saturated heterocycles. The number of nitrogens with one attached hydrogen (secondary N) is 2. The number of rotatable bonds is 14. The smallest absolute Gasteiger partial charge is 0.213 e. The molecule has 0 aliphatic heterocycles. The molecule has 0 aliphatic rings. The maximum Gasteiger partial charge on any atom is 0.213 e. The lowest BCUT2D eigenvalue weighted by Crippen LogP contribution is -2.39. The molecule has 0 radical (unpaired) electrons. The number of hydrogen-bond donors (Lipinski definition) is 2. The molecule has 0 aromatic heterocycles. The maximum absolute atomic E-state index is 11.8. The Balaban J connectivity index is 0.00000900. The van der Waals surface area contributed by atoms with Crippen molar-refractivity contribution in [3.63, 3.8) is 0 Å². The number of nitrogens with zero attached hydrogens (tertiary/aromatic N) is 2. The molecule has 0 bridgehead atoms. The van der Waals surface area contributed by atoms with E-state index in [4.69, 9.17) is 9.47 Å². The summed E-state index contributed by atoms with van der Waals surface area (Å²) in [5, 5.41) is 6.48. The normalized spacial score (nSPS) is 11.9. The van der Waals surface area contributed by atoms with Gasteiger partial charge in [-0.3, -0.25) is 0 Å². The molecule has 180 valence electrons. The highest BCUT2D eigenvalue weighted by Gasteiger charge is 2.14. The maximum atomic E-state index is 11.8. The third-order valence-electron chi connectivity index (χ3n) is 4.45. The van der Waals surface area contributed by atoms with E-state index in [0.29, 0.717) is 51.8 Å². The summed E-state index contributed by atoms with van der Waals surface area (Å²) < 4.78 is 36.2. The number of hydrogen-bond acceptors (Lipinski definition) is 5. The highest BCUT2D eigenvalue weighted by Crippen LogP contribution is 2.21. The van der Waals surface area contributed by atoms with Gasteiger partial charge >= 0.3 is 0 Å². The molecule has 0 unspecified atom stereocenters. The van der Waals surface area contributed by atoms with Gasteiger partial charge in [-0.15, -0.1) is 24.0 Å². The number of benzene rings is 1. The van der Waals surface area contributed by atoms with Crippen molar-refractivity contribution in [3.8, 4) is 5.75 Å². The van der Waals surface area contributed by atoms with Gasteiger partial charge in [-0.2, -0.15) is 0 Å². The lowest BCUT2D eigenvalue weighted by Gasteiger charge is -2.17. The summed E-state index contributed by atoms with van der Waals surface area (Å²) in [5.74, 6) is 1.63. The summed E-state index contributed by atoms with van der Waals surface area (Å²) >= 11 is 0. The van der Waals surface area contributed by atoms with Gasteiger partial charge in [0.05, 0.1) is 18.9 Å². The Morgan fingerprint density at radius 3 is 2.55 bits per heavy atom. The Morgan fingerprint density at radius 1 is 1.16 bits per heavy atom. The average Bonchev–Trinajstić information content (AvgIpc) is 2.73. The Labute approximate surface area is 205 Å². The fourth-order valence-corrected chi connectivity index (χ4v) is 3.50. The van der Waals surface area contributed by atoms with Gasteiger partial charge in [0.2, 0.25) is 10.0 Å². The summed E-state index contributed by atoms with van der Waals surface area (Å²) in [6.07, 6.45) is 0.691. The lowest BCUT2D eigenvalue weighted by molar-refractivity contribution is 0.110. The lowest BCUT2D eigenvalue weighted by atomic mass is 10.1. The van der Waals surface area contributed by atoms with Crippen LogP contribution >= 0.6 is 24.0 Å². The molecule has 1 aromatic carbocycles. The van der Waals surface area contributed by atoms with Crippen molar-refractivity contribution in [2.24, 2.45) is 4.99 Å². The zero-order valence-electron chi connectivity index (χ0n) is 19.4. The molecule has 0 amide bonds. The predicted octanol–water partition coefficient (Wildman–Crippen LogP) is 2.76. The molecule has 0 atom stereocenters. The fourth-order valence-electron chi connectivity index (χ4n) is 2.66. The summed E-state index contributed by atoms with van der Waals surface area (Å²) in [7, 11) is -1.52. The van der Waals surface area contributed by atoms with Crippen LogP contribution in [0, 0.1) is 6.92 Å². The topological polar surface area (TPSA) is 92.3 Å². The van der Waals surface area contributed by atoms with Crippen LogP contribution in [0.25, 0.3) is 0 Å². The zero-order valence-corrected chi connectivity index (χ0v) is 22.6. The highest BCUT2D eigenvalue weighted by atomic mass is 127. The van der Waals surface area contributed by atoms with Crippen LogP contribution in [0.1, 0.15) is 38.3 Å². The van der Waals surface area contributed by atoms with Gasteiger partial charge in [-0.05, 0) is 45.7 Å². The Kier molecular flexibility index (Phi) is 15.9. The van der Waals surface area contributed by atoms with Crippen LogP contribution in [-0.4, -0.2) is 70.9 Å². The number of aliphatic imine (C=N–C) groups is 1. The second-order valence-corrected chi connectivity index (χ2v) is 9.22. The molecule has 1 rings (SSSR count). The minimum absolute atomic E-state index is 0. The fraction of sp³-hybridized carbons (Fsp3) is 0.667. The second-order valence-electron chi connectivity index (χ2n) is 6.85. The zero-order chi connectivity index (χ0) is 22.4. The minimum Gasteiger partial charge on any atom is -0.491 e. The Morgan fingerprint density at radius 2 is 1.90 bits per heavy atom. The summed E-state index contributed by atoms with van der Waals surface area (Å²) in [6.45, 7) is 11.7. The van der Waals surface area contributed by atoms with E-state index in [0.717, 1.165) is 23.4 Å². The van der Waals surface area contributed by atoms with Gasteiger partial charge in [-0.1, -0.05) is 12.1 Å². The molecule has 2 N–H and O–H groups in total. The number of guanidine groups is 1. The van der Waals surface area contributed by atoms with Gasteiger partial charge in [-0.25, -0.2) is 17.7 Å². The van der Waals surface area contributed by atoms with Crippen molar-refractivity contribution in [1.29, 1.82) is 0 Å². The van der Waals surface area contributed by atoms with Crippen molar-refractivity contribution in [2.45, 2.75) is 40.7 Å². The SMILES string of the molecule is CCNC(=NCc1ccc(C)cc1OCCOCC)NCCCN(C)S(=O)(=O)CC.I. The van der Waals surface area contributed by atoms with Crippen LogP contribution < -0.4 is 15.4 Å². The van der Waals surface area contributed by atoms with Crippen LogP contribution in [0.2, 0.25) is 0 Å². The summed E-state index contributed by atoms with van der Waals surface area (Å²) in [5.41, 5.74) is 2.13. The molecular formula is C21H39IN4O4S. The number of sulfonamides is 1. The van der Waals surface area contributed by atoms with Crippen molar-refractivity contribution in [2.75, 3.05) is 52.3 Å². The monoisotopic (exact) mass is 570 g/mol. The van der Waals surface area contributed by atoms with Crippen LogP contribution in [0.4, 0.5) is 0 Å². The summed E-state index contributed by atoms with van der Waals surface area (Å²) in [6, 6.07) is 6.09. The molecule has 31 heavy (non-hydrogen) atoms. The van der Waals surface area contributed by atoms with Gasteiger partial charge in [0, 0.05) is 38.9 Å². The van der Waals surface area contributed by atoms with E-state index in [1.165, 1.54) is 4.31 Å². The average molecular weight is 571 g/mol. The quantitative estimate of drug-likeness (QED) is 0.155. The van der Waals surface area contributed by atoms with Crippen LogP contribution in [0.5, 0.6) is 5.75 Å². The second kappa shape index (κ2) is 16.5. The van der Waals surface area contributed by atoms with E-state index in [9.17, 15) is 8.42 Å². The third-order valence-corrected chi connectivity index (χ3v) is 6.31. The van der Waals surface area contributed by atoms with Crippen molar-refractivity contribution in [3.05, 3.63) is 29.3 Å². The highest BCUT2D eigenvalue weighted by molar-refractivity contribution is 14.0. The molecular weight excluding hydrogens is 531 g/mol. The predicted molar refractivity (Wildman–Crippen MR) is 138 cm³/mol. The van der Waals surface area contributed by atoms with E-state index < -0.39 is 10.0 Å². The molecule has 0 fully saturated rings. The Bertz CT molecular complexity index is 760. The van der Waals surface area contributed by atoms with Crippen LogP contribution in [-0.2, 0) is 21.3 Å². The molecule has 0 aliphatic carbocycles. The van der Waals surface area contributed by atoms with Gasteiger partial charge in [0.1, 0.15) is 12.4 Å². The van der Waals surface area contributed by atoms with Crippen LogP contribution in [0.3, 0.4) is 0 Å². The van der Waals surface area contributed by atoms with Crippen LogP contribution in [0.15, 0.2) is 23.2 Å². The molecule has 0 spiro atoms. The molecule has 0 heterocycles. The first-order valence-electron chi connectivity index (χ1n) is 10.6. The van der Waals surface area contributed by atoms with Gasteiger partial charge in [0.15, 0.2) is 5.96 Å². The molecule has 1 aromatic rings. The largest absolute Gasteiger partial charge is 0.491 e. The third kappa shape index (κ3) is 11.9. The number of aryl methyl sites for hydroxylation is 1. The van der Waals surface area contributed by atoms with E-state index in [-0.39, 0.29) is 29.7 Å². The van der Waals surface area contributed by atoms with Crippen molar-refractivity contribution < 1.29 is 17.9 Å². The van der Waals surface area contributed by atoms with E-state index >= 15 is 0 Å². The molecule has 10 heteroatoms. The molecule has 8 nitrogen and oxygen atoms in total. The standard InChI is InChI=1S/C21H38N4O4S.HI/c1-6-22-21(23-12-9-13-25(5)30(26,27)8-3)24-17-19-11-10-18(4)16-20(19)29-15-14-28-7-2;/h10-11,16H,6-9,12-15,17H2,1-5H3,(H2,22,23,24);1H. The van der Waals surface area contributed by atoms with E-state index in [1.54, 1.807) is 14.0 Å². The number of ether oxygens (including phenoxy) is 2. The molecule has 0 saturated carbocycles. The van der Waals surface area contributed by atoms with Gasteiger partial charge < -0.3 is 20.1 Å². The number of halogens is 1. The van der Waals surface area contributed by atoms with Crippen molar-refractivity contribution >= 4 is 40.0 Å². The Hall–Kier alpha value is -1.11. The first-order valence-corrected chi connectivity index (χ1v) is 12.2. The van der Waals surface area contributed by atoms with Gasteiger partial charge in [0.25, 0.3) is 0 Å². The first kappa shape index (κ1) is 29.9. The van der Waals surface area contributed by atoms with E-state index in [2.05, 4.69) is 15.6 Å². The first-order chi connectivity index (χ1) is 14.3. The van der Waals surface area contributed by atoms with E-state index in [1.807, 2.05) is 39.0 Å². The minimum atomic E-state index is -3.14. The van der Waals surface area contributed by atoms with Crippen molar-refractivity contribution in [1.82, 2.24) is 14.9 Å².